The lowest BCUT2D eigenvalue weighted by atomic mass is 10.2. The highest BCUT2D eigenvalue weighted by Crippen LogP contribution is 2.23. The first-order chi connectivity index (χ1) is 11.4. The van der Waals surface area contributed by atoms with Gasteiger partial charge in [-0.1, -0.05) is 23.7 Å². The van der Waals surface area contributed by atoms with Crippen molar-refractivity contribution in [1.82, 2.24) is 4.72 Å². The van der Waals surface area contributed by atoms with Gasteiger partial charge in [0.15, 0.2) is 0 Å². The summed E-state index contributed by atoms with van der Waals surface area (Å²) >= 11 is 9.64. The molecule has 0 atom stereocenters. The molecule has 0 fully saturated rings. The van der Waals surface area contributed by atoms with Gasteiger partial charge in [0.25, 0.3) is 0 Å². The molecule has 0 aliphatic heterocycles. The van der Waals surface area contributed by atoms with Crippen molar-refractivity contribution < 1.29 is 13.2 Å². The lowest BCUT2D eigenvalue weighted by Gasteiger charge is -2.09. The maximum atomic E-state index is 12.3. The van der Waals surface area contributed by atoms with Gasteiger partial charge in [-0.15, -0.1) is 0 Å². The zero-order valence-electron chi connectivity index (χ0n) is 13.0. The van der Waals surface area contributed by atoms with Gasteiger partial charge in [-0.05, 0) is 58.5 Å². The first kappa shape index (κ1) is 19.8. The summed E-state index contributed by atoms with van der Waals surface area (Å²) in [6.45, 7) is 0.371. The van der Waals surface area contributed by atoms with Gasteiger partial charge in [0.1, 0.15) is 5.75 Å². The van der Waals surface area contributed by atoms with Crippen LogP contribution in [0.2, 0.25) is 5.02 Å². The Morgan fingerprint density at radius 3 is 2.71 bits per heavy atom. The fourth-order valence-electron chi connectivity index (χ4n) is 1.96. The van der Waals surface area contributed by atoms with Crippen molar-refractivity contribution in [1.29, 1.82) is 0 Å². The zero-order chi connectivity index (χ0) is 17.6. The second kappa shape index (κ2) is 9.28. The lowest BCUT2D eigenvalue weighted by Crippen LogP contribution is -2.26. The molecule has 0 heterocycles. The van der Waals surface area contributed by atoms with E-state index in [1.165, 1.54) is 0 Å². The smallest absolute Gasteiger partial charge is 0.240 e. The Morgan fingerprint density at radius 2 is 2.04 bits per heavy atom. The summed E-state index contributed by atoms with van der Waals surface area (Å²) in [7, 11) is -1.95. The van der Waals surface area contributed by atoms with Crippen LogP contribution in [0.25, 0.3) is 0 Å². The van der Waals surface area contributed by atoms with Gasteiger partial charge >= 0.3 is 0 Å². The maximum Gasteiger partial charge on any atom is 0.240 e. The average Bonchev–Trinajstić information content (AvgIpc) is 2.54. The Labute approximate surface area is 165 Å². The molecule has 1 N–H and O–H groups in total. The van der Waals surface area contributed by atoms with Crippen LogP contribution < -0.4 is 9.46 Å². The summed E-state index contributed by atoms with van der Waals surface area (Å²) in [5.74, 6) is 2.13. The molecular weight excluding hydrogens is 481 g/mol. The van der Waals surface area contributed by atoms with Crippen molar-refractivity contribution >= 4 is 56.0 Å². The Kier molecular flexibility index (Phi) is 7.67. The lowest BCUT2D eigenvalue weighted by molar-refractivity contribution is 0.411. The van der Waals surface area contributed by atoms with Gasteiger partial charge in [-0.25, -0.2) is 13.1 Å². The van der Waals surface area contributed by atoms with Crippen LogP contribution >= 0.6 is 46.0 Å². The number of nitrogens with one attached hydrogen (secondary N) is 1. The molecular formula is C16H17ClINO3S2. The van der Waals surface area contributed by atoms with E-state index in [2.05, 4.69) is 27.3 Å². The van der Waals surface area contributed by atoms with Crippen LogP contribution in [0.5, 0.6) is 5.75 Å². The first-order valence-electron chi connectivity index (χ1n) is 7.08. The molecule has 0 saturated carbocycles. The van der Waals surface area contributed by atoms with Crippen molar-refractivity contribution in [3.63, 3.8) is 0 Å². The molecule has 0 aliphatic carbocycles. The molecule has 2 rings (SSSR count). The molecule has 24 heavy (non-hydrogen) atoms. The van der Waals surface area contributed by atoms with E-state index < -0.39 is 10.0 Å². The maximum absolute atomic E-state index is 12.3. The van der Waals surface area contributed by atoms with Crippen LogP contribution in [-0.4, -0.2) is 27.8 Å². The summed E-state index contributed by atoms with van der Waals surface area (Å²) in [6.07, 6.45) is 0. The second-order valence-corrected chi connectivity index (χ2v) is 9.35. The van der Waals surface area contributed by atoms with E-state index in [0.717, 1.165) is 14.9 Å². The Hall–Kier alpha value is -0.480. The minimum absolute atomic E-state index is 0.243. The standard InChI is InChI=1S/C16H17ClINO3S2/c1-22-16-6-5-14(10-15(16)18)24(20,21)19-7-8-23-11-12-3-2-4-13(17)9-12/h2-6,9-10,19H,7-8,11H2,1H3. The number of rotatable bonds is 8. The predicted octanol–water partition coefficient (Wildman–Crippen LogP) is 4.16. The van der Waals surface area contributed by atoms with Gasteiger partial charge in [0.05, 0.1) is 15.6 Å². The van der Waals surface area contributed by atoms with Crippen LogP contribution in [0.3, 0.4) is 0 Å². The molecule has 0 bridgehead atoms. The van der Waals surface area contributed by atoms with Crippen molar-refractivity contribution in [3.05, 3.63) is 56.6 Å². The molecule has 0 amide bonds. The van der Waals surface area contributed by atoms with Crippen LogP contribution in [0.4, 0.5) is 0 Å². The molecule has 0 unspecified atom stereocenters. The van der Waals surface area contributed by atoms with E-state index in [-0.39, 0.29) is 4.90 Å². The molecule has 2 aromatic rings. The van der Waals surface area contributed by atoms with E-state index in [0.29, 0.717) is 23.1 Å². The van der Waals surface area contributed by atoms with Crippen LogP contribution in [0.15, 0.2) is 47.4 Å². The predicted molar refractivity (Wildman–Crippen MR) is 109 cm³/mol. The number of hydrogen-bond acceptors (Lipinski definition) is 4. The summed E-state index contributed by atoms with van der Waals surface area (Å²) in [5, 5.41) is 0.711. The van der Waals surface area contributed by atoms with Crippen LogP contribution in [-0.2, 0) is 15.8 Å². The summed E-state index contributed by atoms with van der Waals surface area (Å²) in [4.78, 5) is 0.243. The summed E-state index contributed by atoms with van der Waals surface area (Å²) in [5.41, 5.74) is 1.13. The number of halogens is 2. The van der Waals surface area contributed by atoms with E-state index in [4.69, 9.17) is 16.3 Å². The van der Waals surface area contributed by atoms with Gasteiger partial charge in [-0.2, -0.15) is 11.8 Å². The minimum atomic E-state index is -3.50. The molecule has 130 valence electrons. The number of benzene rings is 2. The molecule has 0 saturated heterocycles. The number of hydrogen-bond donors (Lipinski definition) is 1. The highest BCUT2D eigenvalue weighted by atomic mass is 127. The van der Waals surface area contributed by atoms with E-state index in [9.17, 15) is 8.42 Å². The Balaban J connectivity index is 1.83. The third-order valence-corrected chi connectivity index (χ3v) is 6.70. The Morgan fingerprint density at radius 1 is 1.25 bits per heavy atom. The SMILES string of the molecule is COc1ccc(S(=O)(=O)NCCSCc2cccc(Cl)c2)cc1I. The van der Waals surface area contributed by atoms with Gasteiger partial charge in [-0.3, -0.25) is 0 Å². The second-order valence-electron chi connectivity index (χ2n) is 4.88. The van der Waals surface area contributed by atoms with E-state index in [1.54, 1.807) is 37.1 Å². The summed E-state index contributed by atoms with van der Waals surface area (Å²) in [6, 6.07) is 12.5. The molecule has 8 heteroatoms. The van der Waals surface area contributed by atoms with Crippen molar-refractivity contribution in [2.24, 2.45) is 0 Å². The average molecular weight is 498 g/mol. The quantitative estimate of drug-likeness (QED) is 0.439. The molecule has 2 aromatic carbocycles. The number of ether oxygens (including phenoxy) is 1. The minimum Gasteiger partial charge on any atom is -0.496 e. The van der Waals surface area contributed by atoms with Gasteiger partial charge < -0.3 is 4.74 Å². The third-order valence-electron chi connectivity index (χ3n) is 3.13. The van der Waals surface area contributed by atoms with E-state index >= 15 is 0 Å². The number of sulfonamides is 1. The first-order valence-corrected chi connectivity index (χ1v) is 11.2. The Bertz CT molecular complexity index is 800. The van der Waals surface area contributed by atoms with Crippen LogP contribution in [0, 0.1) is 3.57 Å². The monoisotopic (exact) mass is 497 g/mol. The van der Waals surface area contributed by atoms with Crippen molar-refractivity contribution in [2.45, 2.75) is 10.6 Å². The molecule has 0 spiro atoms. The largest absolute Gasteiger partial charge is 0.496 e. The van der Waals surface area contributed by atoms with Crippen molar-refractivity contribution in [2.75, 3.05) is 19.4 Å². The number of methoxy groups -OCH3 is 1. The highest BCUT2D eigenvalue weighted by molar-refractivity contribution is 14.1. The molecule has 0 radical (unpaired) electrons. The topological polar surface area (TPSA) is 55.4 Å². The zero-order valence-corrected chi connectivity index (χ0v) is 17.5. The number of thioether (sulfide) groups is 1. The molecule has 4 nitrogen and oxygen atoms in total. The fraction of sp³-hybridized carbons (Fsp3) is 0.250. The van der Waals surface area contributed by atoms with Crippen LogP contribution in [0.1, 0.15) is 5.56 Å². The highest BCUT2D eigenvalue weighted by Gasteiger charge is 2.15. The fourth-order valence-corrected chi connectivity index (χ4v) is 5.12. The summed E-state index contributed by atoms with van der Waals surface area (Å²) < 4.78 is 33.1. The molecule has 0 aromatic heterocycles. The van der Waals surface area contributed by atoms with E-state index in [1.807, 2.05) is 24.3 Å². The van der Waals surface area contributed by atoms with Gasteiger partial charge in [0, 0.05) is 23.1 Å². The third kappa shape index (κ3) is 5.80. The van der Waals surface area contributed by atoms with Gasteiger partial charge in [0.2, 0.25) is 10.0 Å². The van der Waals surface area contributed by atoms with Crippen molar-refractivity contribution in [3.8, 4) is 5.75 Å². The normalized spacial score (nSPS) is 11.5. The molecule has 0 aliphatic rings.